The van der Waals surface area contributed by atoms with Crippen LogP contribution in [0.3, 0.4) is 0 Å². The number of hydrogen-bond donors (Lipinski definition) is 1. The number of ether oxygens (including phenoxy) is 1. The van der Waals surface area contributed by atoms with Crippen LogP contribution >= 0.6 is 0 Å². The molecule has 24 heavy (non-hydrogen) atoms. The molecule has 5 nitrogen and oxygen atoms in total. The molecule has 0 aliphatic heterocycles. The van der Waals surface area contributed by atoms with E-state index in [1.165, 1.54) is 12.1 Å². The highest BCUT2D eigenvalue weighted by molar-refractivity contribution is 7.89. The van der Waals surface area contributed by atoms with Gasteiger partial charge in [0.2, 0.25) is 10.0 Å². The number of hydrogen-bond acceptors (Lipinski definition) is 4. The second-order valence-corrected chi connectivity index (χ2v) is 7.19. The van der Waals surface area contributed by atoms with Gasteiger partial charge in [0, 0.05) is 0 Å². The monoisotopic (exact) mass is 347 g/mol. The minimum atomic E-state index is -3.86. The minimum absolute atomic E-state index is 0.107. The zero-order chi connectivity index (χ0) is 17.7. The molecule has 0 bridgehead atoms. The Kier molecular flexibility index (Phi) is 5.75. The Labute approximate surface area is 142 Å². The van der Waals surface area contributed by atoms with E-state index in [2.05, 4.69) is 4.72 Å². The van der Waals surface area contributed by atoms with E-state index in [0.29, 0.717) is 5.56 Å². The first-order chi connectivity index (χ1) is 11.3. The number of carbonyl (C=O) groups is 1. The van der Waals surface area contributed by atoms with Crippen LogP contribution in [-0.2, 0) is 19.6 Å². The fraction of sp³-hybridized carbons (Fsp3) is 0.278. The SMILES string of the molecule is CCOC(=O)[C@@H](NS(=O)(=O)c1ccc(C)cc1)c1ccccc1C. The Morgan fingerprint density at radius 2 is 1.71 bits per heavy atom. The molecular weight excluding hydrogens is 326 g/mol. The average Bonchev–Trinajstić information content (AvgIpc) is 2.54. The number of rotatable bonds is 6. The Bertz CT molecular complexity index is 813. The fourth-order valence-electron chi connectivity index (χ4n) is 2.32. The maximum Gasteiger partial charge on any atom is 0.328 e. The highest BCUT2D eigenvalue weighted by atomic mass is 32.2. The number of benzene rings is 2. The van der Waals surface area contributed by atoms with E-state index in [1.54, 1.807) is 31.2 Å². The van der Waals surface area contributed by atoms with E-state index in [9.17, 15) is 13.2 Å². The third-order valence-electron chi connectivity index (χ3n) is 3.63. The first-order valence-corrected chi connectivity index (χ1v) is 9.14. The molecule has 2 aromatic carbocycles. The number of sulfonamides is 1. The van der Waals surface area contributed by atoms with Gasteiger partial charge in [-0.2, -0.15) is 4.72 Å². The van der Waals surface area contributed by atoms with Crippen molar-refractivity contribution in [2.24, 2.45) is 0 Å². The molecule has 0 saturated carbocycles. The van der Waals surface area contributed by atoms with Crippen LogP contribution in [0.1, 0.15) is 29.7 Å². The van der Waals surface area contributed by atoms with Crippen molar-refractivity contribution in [1.29, 1.82) is 0 Å². The second-order valence-electron chi connectivity index (χ2n) is 5.48. The largest absolute Gasteiger partial charge is 0.465 e. The second kappa shape index (κ2) is 7.59. The van der Waals surface area contributed by atoms with Crippen LogP contribution in [0.4, 0.5) is 0 Å². The smallest absolute Gasteiger partial charge is 0.328 e. The van der Waals surface area contributed by atoms with Gasteiger partial charge in [-0.15, -0.1) is 0 Å². The highest BCUT2D eigenvalue weighted by Gasteiger charge is 2.29. The van der Waals surface area contributed by atoms with Crippen LogP contribution in [-0.4, -0.2) is 21.0 Å². The van der Waals surface area contributed by atoms with Crippen molar-refractivity contribution in [2.45, 2.75) is 31.7 Å². The molecule has 0 radical (unpaired) electrons. The summed E-state index contributed by atoms with van der Waals surface area (Å²) in [5.74, 6) is -0.623. The summed E-state index contributed by atoms with van der Waals surface area (Å²) in [7, 11) is -3.86. The number of carbonyl (C=O) groups excluding carboxylic acids is 1. The third-order valence-corrected chi connectivity index (χ3v) is 5.06. The van der Waals surface area contributed by atoms with Crippen LogP contribution < -0.4 is 4.72 Å². The predicted octanol–water partition coefficient (Wildman–Crippen LogP) is 2.89. The van der Waals surface area contributed by atoms with Crippen molar-refractivity contribution in [3.05, 3.63) is 65.2 Å². The summed E-state index contributed by atoms with van der Waals surface area (Å²) < 4.78 is 32.8. The van der Waals surface area contributed by atoms with Gasteiger partial charge in [0.1, 0.15) is 6.04 Å². The number of nitrogens with one attached hydrogen (secondary N) is 1. The van der Waals surface area contributed by atoms with Crippen molar-refractivity contribution >= 4 is 16.0 Å². The molecule has 0 aromatic heterocycles. The number of aryl methyl sites for hydroxylation is 2. The van der Waals surface area contributed by atoms with Crippen molar-refractivity contribution < 1.29 is 17.9 Å². The van der Waals surface area contributed by atoms with E-state index in [0.717, 1.165) is 11.1 Å². The van der Waals surface area contributed by atoms with Gasteiger partial charge in [0.25, 0.3) is 0 Å². The van der Waals surface area contributed by atoms with Crippen molar-refractivity contribution in [3.8, 4) is 0 Å². The summed E-state index contributed by atoms with van der Waals surface area (Å²) in [4.78, 5) is 12.4. The summed E-state index contributed by atoms with van der Waals surface area (Å²) >= 11 is 0. The lowest BCUT2D eigenvalue weighted by atomic mass is 10.0. The van der Waals surface area contributed by atoms with Gasteiger partial charge in [-0.3, -0.25) is 0 Å². The minimum Gasteiger partial charge on any atom is -0.465 e. The molecule has 0 aliphatic carbocycles. The molecule has 6 heteroatoms. The summed E-state index contributed by atoms with van der Waals surface area (Å²) in [6.45, 7) is 5.55. The van der Waals surface area contributed by atoms with E-state index in [4.69, 9.17) is 4.74 Å². The molecule has 0 spiro atoms. The molecule has 128 valence electrons. The molecule has 1 N–H and O–H groups in total. The molecule has 0 aliphatic rings. The van der Waals surface area contributed by atoms with Gasteiger partial charge in [-0.25, -0.2) is 13.2 Å². The van der Waals surface area contributed by atoms with E-state index >= 15 is 0 Å². The van der Waals surface area contributed by atoms with Crippen LogP contribution in [0.25, 0.3) is 0 Å². The molecule has 0 unspecified atom stereocenters. The van der Waals surface area contributed by atoms with Crippen LogP contribution in [0.5, 0.6) is 0 Å². The van der Waals surface area contributed by atoms with Gasteiger partial charge in [0.15, 0.2) is 0 Å². The lowest BCUT2D eigenvalue weighted by Gasteiger charge is -2.19. The number of esters is 1. The Hall–Kier alpha value is -2.18. The van der Waals surface area contributed by atoms with E-state index in [-0.39, 0.29) is 11.5 Å². The topological polar surface area (TPSA) is 72.5 Å². The first-order valence-electron chi connectivity index (χ1n) is 7.66. The molecule has 0 saturated heterocycles. The molecule has 0 fully saturated rings. The van der Waals surface area contributed by atoms with Gasteiger partial charge in [-0.1, -0.05) is 42.0 Å². The van der Waals surface area contributed by atoms with Crippen LogP contribution in [0.2, 0.25) is 0 Å². The highest BCUT2D eigenvalue weighted by Crippen LogP contribution is 2.22. The maximum atomic E-state index is 12.6. The molecule has 2 rings (SSSR count). The normalized spacial score (nSPS) is 12.6. The quantitative estimate of drug-likeness (QED) is 0.816. The molecule has 2 aromatic rings. The Balaban J connectivity index is 2.40. The first kappa shape index (κ1) is 18.2. The van der Waals surface area contributed by atoms with Crippen LogP contribution in [0.15, 0.2) is 53.4 Å². The van der Waals surface area contributed by atoms with Gasteiger partial charge < -0.3 is 4.74 Å². The molecule has 0 heterocycles. The lowest BCUT2D eigenvalue weighted by molar-refractivity contribution is -0.145. The van der Waals surface area contributed by atoms with Crippen molar-refractivity contribution in [3.63, 3.8) is 0 Å². The zero-order valence-electron chi connectivity index (χ0n) is 13.9. The summed E-state index contributed by atoms with van der Waals surface area (Å²) in [5.41, 5.74) is 2.34. The molecule has 0 amide bonds. The summed E-state index contributed by atoms with van der Waals surface area (Å²) in [5, 5.41) is 0. The Morgan fingerprint density at radius 3 is 2.29 bits per heavy atom. The summed E-state index contributed by atoms with van der Waals surface area (Å²) in [6.07, 6.45) is 0. The van der Waals surface area contributed by atoms with Crippen molar-refractivity contribution in [2.75, 3.05) is 6.61 Å². The van der Waals surface area contributed by atoms with Crippen LogP contribution in [0, 0.1) is 13.8 Å². The van der Waals surface area contributed by atoms with Crippen molar-refractivity contribution in [1.82, 2.24) is 4.72 Å². The molecule has 1 atom stereocenters. The predicted molar refractivity (Wildman–Crippen MR) is 92.1 cm³/mol. The molecular formula is C18H21NO4S. The zero-order valence-corrected chi connectivity index (χ0v) is 14.8. The maximum absolute atomic E-state index is 12.6. The fourth-order valence-corrected chi connectivity index (χ4v) is 3.48. The average molecular weight is 347 g/mol. The van der Waals surface area contributed by atoms with E-state index < -0.39 is 22.0 Å². The third kappa shape index (κ3) is 4.21. The van der Waals surface area contributed by atoms with Gasteiger partial charge in [-0.05, 0) is 44.0 Å². The van der Waals surface area contributed by atoms with Gasteiger partial charge >= 0.3 is 5.97 Å². The Morgan fingerprint density at radius 1 is 1.08 bits per heavy atom. The summed E-state index contributed by atoms with van der Waals surface area (Å²) in [6, 6.07) is 12.5. The van der Waals surface area contributed by atoms with Gasteiger partial charge in [0.05, 0.1) is 11.5 Å². The standard InChI is InChI=1S/C18H21NO4S/c1-4-23-18(20)17(16-8-6-5-7-14(16)3)19-24(21,22)15-11-9-13(2)10-12-15/h5-12,17,19H,4H2,1-3H3/t17-/m0/s1. The van der Waals surface area contributed by atoms with E-state index in [1.807, 2.05) is 26.0 Å². The lowest BCUT2D eigenvalue weighted by Crippen LogP contribution is -2.35.